The minimum atomic E-state index is -0.660. The van der Waals surface area contributed by atoms with E-state index >= 15 is 0 Å². The van der Waals surface area contributed by atoms with Crippen molar-refractivity contribution in [2.45, 2.75) is 157 Å². The fraction of sp³-hybridized carbons (Fsp3) is 0.342. The predicted molar refractivity (Wildman–Crippen MR) is 328 cm³/mol. The monoisotopic (exact) mass is 1230 g/mol. The SMILES string of the molecule is [2H]c1c([2H])c([2H])c(-c2cc(C(C)(C)C)cc(-c3c([2H])c([2H])c([2H])c([2H])c3[2H])c2-n2[c](=[Pt])n(-c3[c-]c(Oc4[c-]c5c(cc4)c4ccc6c(c4n5-c4cc(C(C)(C)C)ccn4)C(C)(C)C(C)(C)C6(C)C)cc(C(C)(C)C)c3)c3cc(C(C)(C)C)ccc32)c([2H])c1[2H]. The summed E-state index contributed by atoms with van der Waals surface area (Å²) in [5.41, 5.74) is 8.48. The van der Waals surface area contributed by atoms with Crippen LogP contribution in [0.5, 0.6) is 11.5 Å². The van der Waals surface area contributed by atoms with Crippen LogP contribution in [-0.4, -0.2) is 18.7 Å². The first-order valence-electron chi connectivity index (χ1n) is 32.4. The van der Waals surface area contributed by atoms with Gasteiger partial charge in [0.15, 0.2) is 0 Å². The molecule has 5 nitrogen and oxygen atoms in total. The molecule has 408 valence electrons. The molecule has 0 atom stereocenters. The fourth-order valence-electron chi connectivity index (χ4n) is 11.7. The van der Waals surface area contributed by atoms with Crippen molar-refractivity contribution in [3.63, 3.8) is 0 Å². The average Bonchev–Trinajstić information content (AvgIpc) is 1.55. The van der Waals surface area contributed by atoms with Crippen molar-refractivity contribution < 1.29 is 37.8 Å². The number of ether oxygens (including phenoxy) is 1. The van der Waals surface area contributed by atoms with Gasteiger partial charge >= 0.3 is 384 Å². The van der Waals surface area contributed by atoms with Crippen LogP contribution in [0.1, 0.15) is 172 Å². The maximum atomic E-state index is 9.52. The van der Waals surface area contributed by atoms with Gasteiger partial charge in [0.05, 0.1) is 0 Å². The Bertz CT molecular complexity index is 4600. The van der Waals surface area contributed by atoms with E-state index in [1.165, 1.54) is 11.1 Å². The Morgan fingerprint density at radius 2 is 1.08 bits per heavy atom. The zero-order valence-electron chi connectivity index (χ0n) is 59.1. The molecule has 0 amide bonds. The van der Waals surface area contributed by atoms with Gasteiger partial charge in [0.25, 0.3) is 0 Å². The fourth-order valence-corrected chi connectivity index (χ4v) is 12.7. The van der Waals surface area contributed by atoms with Gasteiger partial charge in [0.1, 0.15) is 0 Å². The Labute approximate surface area is 495 Å². The molecule has 10 aromatic rings. The summed E-state index contributed by atoms with van der Waals surface area (Å²) >= 11 is 2.25. The van der Waals surface area contributed by atoms with Gasteiger partial charge in [-0.2, -0.15) is 0 Å². The zero-order chi connectivity index (χ0) is 65.4. The van der Waals surface area contributed by atoms with Gasteiger partial charge in [-0.1, -0.05) is 68.4 Å². The van der Waals surface area contributed by atoms with Crippen LogP contribution >= 0.6 is 0 Å². The summed E-state index contributed by atoms with van der Waals surface area (Å²) in [6.45, 7) is 39.6. The van der Waals surface area contributed by atoms with Crippen molar-refractivity contribution >= 4 is 32.8 Å². The van der Waals surface area contributed by atoms with Crippen molar-refractivity contribution in [2.24, 2.45) is 5.41 Å². The number of aromatic nitrogens is 4. The summed E-state index contributed by atoms with van der Waals surface area (Å²) in [4.78, 5) is 5.12. The van der Waals surface area contributed by atoms with E-state index in [-0.39, 0.29) is 55.0 Å². The predicted octanol–water partition coefficient (Wildman–Crippen LogP) is 19.5. The third-order valence-corrected chi connectivity index (χ3v) is 18.7. The van der Waals surface area contributed by atoms with Crippen LogP contribution < -0.4 is 4.74 Å². The Morgan fingerprint density at radius 1 is 0.519 bits per heavy atom. The number of imidazole rings is 1. The van der Waals surface area contributed by atoms with Crippen LogP contribution in [0.4, 0.5) is 0 Å². The molecule has 0 aliphatic heterocycles. The molecule has 0 spiro atoms. The summed E-state index contributed by atoms with van der Waals surface area (Å²) in [5, 5.41) is 2.11. The molecule has 0 saturated carbocycles. The Kier molecular flexibility index (Phi) is 10.1. The van der Waals surface area contributed by atoms with E-state index in [0.29, 0.717) is 37.6 Å². The van der Waals surface area contributed by atoms with Gasteiger partial charge in [-0.05, 0) is 38.9 Å². The second kappa shape index (κ2) is 18.5. The van der Waals surface area contributed by atoms with Crippen LogP contribution in [0.15, 0.2) is 145 Å². The quantitative estimate of drug-likeness (QED) is 0.149. The molecule has 0 N–H and O–H groups in total. The minimum absolute atomic E-state index is 0.107. The summed E-state index contributed by atoms with van der Waals surface area (Å²) in [6, 6.07) is 29.2. The van der Waals surface area contributed by atoms with Crippen molar-refractivity contribution in [3.8, 4) is 50.9 Å². The maximum absolute atomic E-state index is 9.52. The van der Waals surface area contributed by atoms with Gasteiger partial charge in [0.2, 0.25) is 0 Å². The number of benzene rings is 7. The Hall–Kier alpha value is -6.55. The number of pyridine rings is 1. The second-order valence-electron chi connectivity index (χ2n) is 27.3. The van der Waals surface area contributed by atoms with Gasteiger partial charge in [0, 0.05) is 6.20 Å². The molecule has 1 aliphatic rings. The molecule has 6 heteroatoms. The van der Waals surface area contributed by atoms with Crippen molar-refractivity contribution in [3.05, 3.63) is 195 Å². The first-order chi connectivity index (χ1) is 41.0. The van der Waals surface area contributed by atoms with Crippen LogP contribution in [0.2, 0.25) is 0 Å². The van der Waals surface area contributed by atoms with E-state index in [4.69, 9.17) is 17.9 Å². The van der Waals surface area contributed by atoms with Crippen molar-refractivity contribution in [1.82, 2.24) is 18.7 Å². The van der Waals surface area contributed by atoms with Gasteiger partial charge in [-0.25, -0.2) is 0 Å². The molecular formula is C73H78N4OPt-2. The third kappa shape index (κ3) is 8.93. The molecule has 0 fully saturated rings. The van der Waals surface area contributed by atoms with E-state index in [1.54, 1.807) is 0 Å². The molecule has 0 bridgehead atoms. The summed E-state index contributed by atoms with van der Waals surface area (Å²) < 4.78 is 105. The first kappa shape index (κ1) is 43.3. The zero-order valence-corrected chi connectivity index (χ0v) is 51.4. The van der Waals surface area contributed by atoms with Crippen LogP contribution in [0.3, 0.4) is 0 Å². The summed E-state index contributed by atoms with van der Waals surface area (Å²) in [5.74, 6) is 1.66. The van der Waals surface area contributed by atoms with Crippen LogP contribution in [0.25, 0.3) is 72.3 Å². The van der Waals surface area contributed by atoms with Crippen molar-refractivity contribution in [2.75, 3.05) is 0 Å². The van der Waals surface area contributed by atoms with Gasteiger partial charge in [-0.15, -0.1) is 0 Å². The molecule has 0 radical (unpaired) electrons. The molecule has 3 heterocycles. The molecule has 3 aromatic heterocycles. The van der Waals surface area contributed by atoms with E-state index < -0.39 is 71.3 Å². The molecule has 11 rings (SSSR count). The summed E-state index contributed by atoms with van der Waals surface area (Å²) in [6.07, 6.45) is 1.90. The topological polar surface area (TPSA) is 36.9 Å². The molecule has 0 saturated heterocycles. The van der Waals surface area contributed by atoms with Crippen LogP contribution in [0, 0.1) is 21.4 Å². The number of nitrogens with zero attached hydrogens (tertiary/aromatic N) is 4. The van der Waals surface area contributed by atoms with Gasteiger partial charge in [-0.3, -0.25) is 0 Å². The summed E-state index contributed by atoms with van der Waals surface area (Å²) in [7, 11) is 0. The van der Waals surface area contributed by atoms with E-state index in [1.807, 2.05) is 67.9 Å². The average molecular weight is 1230 g/mol. The first-order valence-corrected chi connectivity index (χ1v) is 28.5. The number of hydrogen-bond acceptors (Lipinski definition) is 2. The van der Waals surface area contributed by atoms with E-state index in [0.717, 1.165) is 44.3 Å². The van der Waals surface area contributed by atoms with E-state index in [2.05, 4.69) is 187 Å². The van der Waals surface area contributed by atoms with Crippen molar-refractivity contribution in [1.29, 1.82) is 0 Å². The standard InChI is InChI=1S/C73H78N4O.Pt/c1-67(2,3)48-29-34-60-62(41-48)75(45-76(60)65-57(46-25-21-19-22-26-46)39-51(70(10,11)12)40-58(65)47-27-23-20-24-28-47)52-37-50(69(7,8)9)38-54(43-52)78-53-30-31-55-56-32-33-59-64(72(15,16)73(17,18)71(59,13)14)66(56)77(61(55)44-53)63-42-49(35-36-74-63)68(4,5)6;/h19-42H,1-18H3;/q-2;/i19D,20D,21D,22D,23D,24D,25D,26D,27D,28D;. The molecule has 1 aliphatic carbocycles. The third-order valence-electron chi connectivity index (χ3n) is 17.6. The van der Waals surface area contributed by atoms with Crippen LogP contribution in [-0.2, 0) is 51.8 Å². The second-order valence-corrected chi connectivity index (χ2v) is 28.4. The van der Waals surface area contributed by atoms with Gasteiger partial charge < -0.3 is 0 Å². The Balaban J connectivity index is 1.23. The number of rotatable bonds is 7. The molecular weight excluding hydrogens is 1140 g/mol. The molecule has 0 unspecified atom stereocenters. The Morgan fingerprint density at radius 3 is 1.66 bits per heavy atom. The molecule has 7 aromatic carbocycles. The molecule has 79 heavy (non-hydrogen) atoms. The normalized spacial score (nSPS) is 17.1. The number of hydrogen-bond donors (Lipinski definition) is 0. The van der Waals surface area contributed by atoms with E-state index in [9.17, 15) is 5.48 Å². The number of fused-ring (bicyclic) bond motifs is 6.